The number of hydrogen-bond acceptors (Lipinski definition) is 6. The molecule has 138 valence electrons. The Morgan fingerprint density at radius 1 is 1.38 bits per heavy atom. The molecule has 1 N–H and O–H groups in total. The van der Waals surface area contributed by atoms with Gasteiger partial charge in [0.05, 0.1) is 37.3 Å². The molecular formula is C18H23N5O3. The number of likely N-dealkylation sites (tertiary alicyclic amines) is 1. The molecule has 4 rings (SSSR count). The fourth-order valence-corrected chi connectivity index (χ4v) is 3.68. The Kier molecular flexibility index (Phi) is 4.60. The van der Waals surface area contributed by atoms with E-state index in [0.717, 1.165) is 17.8 Å². The molecule has 2 aliphatic rings. The number of rotatable bonds is 4. The molecule has 0 bridgehead atoms. The molecule has 0 saturated carbocycles. The lowest BCUT2D eigenvalue weighted by Crippen LogP contribution is -2.49. The summed E-state index contributed by atoms with van der Waals surface area (Å²) < 4.78 is 7.80. The topological polar surface area (TPSA) is 83.7 Å². The van der Waals surface area contributed by atoms with Crippen LogP contribution in [-0.4, -0.2) is 70.3 Å². The maximum absolute atomic E-state index is 12.9. The van der Waals surface area contributed by atoms with Crippen LogP contribution in [0.3, 0.4) is 0 Å². The highest BCUT2D eigenvalue weighted by molar-refractivity contribution is 5.94. The first-order valence-corrected chi connectivity index (χ1v) is 8.89. The molecule has 0 aliphatic carbocycles. The molecule has 1 saturated heterocycles. The van der Waals surface area contributed by atoms with Gasteiger partial charge in [0.2, 0.25) is 0 Å². The highest BCUT2D eigenvalue weighted by Gasteiger charge is 2.38. The average Bonchev–Trinajstić information content (AvgIpc) is 3.16. The fourth-order valence-electron chi connectivity index (χ4n) is 3.68. The Bertz CT molecular complexity index is 775. The van der Waals surface area contributed by atoms with E-state index in [1.165, 1.54) is 0 Å². The summed E-state index contributed by atoms with van der Waals surface area (Å²) in [5, 5.41) is 17.2. The number of carbonyl (C=O) groups excluding carboxylic acids is 1. The summed E-state index contributed by atoms with van der Waals surface area (Å²) in [6, 6.07) is 7.53. The van der Waals surface area contributed by atoms with Crippen molar-refractivity contribution in [2.24, 2.45) is 0 Å². The SMILES string of the molecule is CN(CCO)c1ccc(C(=O)N2CC[C@H]3OCc4cnnn4[C@H]3C2)cc1. The number of nitrogens with zero attached hydrogens (tertiary/aromatic N) is 5. The summed E-state index contributed by atoms with van der Waals surface area (Å²) in [5.41, 5.74) is 2.60. The Morgan fingerprint density at radius 2 is 2.19 bits per heavy atom. The van der Waals surface area contributed by atoms with E-state index in [1.807, 2.05) is 45.8 Å². The van der Waals surface area contributed by atoms with E-state index in [2.05, 4.69) is 10.3 Å². The zero-order valence-electron chi connectivity index (χ0n) is 14.8. The summed E-state index contributed by atoms with van der Waals surface area (Å²) in [6.07, 6.45) is 2.61. The molecule has 1 aromatic carbocycles. The molecule has 0 unspecified atom stereocenters. The minimum atomic E-state index is 0.0204. The molecule has 2 atom stereocenters. The minimum absolute atomic E-state index is 0.0204. The minimum Gasteiger partial charge on any atom is -0.395 e. The second kappa shape index (κ2) is 7.05. The number of aliphatic hydroxyl groups excluding tert-OH is 1. The van der Waals surface area contributed by atoms with E-state index in [-0.39, 0.29) is 24.7 Å². The Labute approximate surface area is 152 Å². The van der Waals surface area contributed by atoms with Gasteiger partial charge in [-0.3, -0.25) is 4.79 Å². The Hall–Kier alpha value is -2.45. The number of anilines is 1. The van der Waals surface area contributed by atoms with Gasteiger partial charge in [-0.15, -0.1) is 5.10 Å². The fraction of sp³-hybridized carbons (Fsp3) is 0.500. The summed E-state index contributed by atoms with van der Waals surface area (Å²) in [6.45, 7) is 2.44. The van der Waals surface area contributed by atoms with Gasteiger partial charge >= 0.3 is 0 Å². The molecule has 8 heteroatoms. The van der Waals surface area contributed by atoms with Crippen molar-refractivity contribution >= 4 is 11.6 Å². The van der Waals surface area contributed by atoms with Gasteiger partial charge in [0.25, 0.3) is 5.91 Å². The van der Waals surface area contributed by atoms with E-state index in [4.69, 9.17) is 9.84 Å². The first-order chi connectivity index (χ1) is 12.7. The smallest absolute Gasteiger partial charge is 0.253 e. The Balaban J connectivity index is 1.47. The van der Waals surface area contributed by atoms with Gasteiger partial charge in [0, 0.05) is 37.9 Å². The molecule has 1 amide bonds. The molecule has 1 aromatic heterocycles. The van der Waals surface area contributed by atoms with Crippen LogP contribution in [0.2, 0.25) is 0 Å². The summed E-state index contributed by atoms with van der Waals surface area (Å²) in [7, 11) is 1.91. The quantitative estimate of drug-likeness (QED) is 0.867. The Morgan fingerprint density at radius 3 is 2.96 bits per heavy atom. The number of carbonyl (C=O) groups is 1. The van der Waals surface area contributed by atoms with E-state index in [9.17, 15) is 4.79 Å². The van der Waals surface area contributed by atoms with E-state index in [0.29, 0.717) is 31.8 Å². The van der Waals surface area contributed by atoms with Gasteiger partial charge in [-0.05, 0) is 30.7 Å². The van der Waals surface area contributed by atoms with Gasteiger partial charge in [0.15, 0.2) is 0 Å². The maximum Gasteiger partial charge on any atom is 0.253 e. The molecule has 26 heavy (non-hydrogen) atoms. The summed E-state index contributed by atoms with van der Waals surface area (Å²) in [5.74, 6) is 0.0204. The average molecular weight is 357 g/mol. The van der Waals surface area contributed by atoms with Gasteiger partial charge in [-0.2, -0.15) is 0 Å². The van der Waals surface area contributed by atoms with Crippen LogP contribution in [0.15, 0.2) is 30.5 Å². The first kappa shape index (κ1) is 17.0. The zero-order valence-corrected chi connectivity index (χ0v) is 14.8. The van der Waals surface area contributed by atoms with Crippen molar-refractivity contribution in [1.29, 1.82) is 0 Å². The molecule has 2 aromatic rings. The maximum atomic E-state index is 12.9. The number of ether oxygens (including phenoxy) is 1. The number of aliphatic hydroxyl groups is 1. The van der Waals surface area contributed by atoms with Crippen LogP contribution >= 0.6 is 0 Å². The number of likely N-dealkylation sites (N-methyl/N-ethyl adjacent to an activating group) is 1. The van der Waals surface area contributed by atoms with Gasteiger partial charge in [0.1, 0.15) is 0 Å². The van der Waals surface area contributed by atoms with Crippen LogP contribution in [0, 0.1) is 0 Å². The van der Waals surface area contributed by atoms with E-state index >= 15 is 0 Å². The normalized spacial score (nSPS) is 21.8. The molecule has 0 radical (unpaired) electrons. The van der Waals surface area contributed by atoms with Crippen LogP contribution in [-0.2, 0) is 11.3 Å². The monoisotopic (exact) mass is 357 g/mol. The zero-order chi connectivity index (χ0) is 18.1. The molecular weight excluding hydrogens is 334 g/mol. The highest BCUT2D eigenvalue weighted by Crippen LogP contribution is 2.30. The van der Waals surface area contributed by atoms with Crippen LogP contribution < -0.4 is 4.90 Å². The number of fused-ring (bicyclic) bond motifs is 3. The van der Waals surface area contributed by atoms with E-state index in [1.54, 1.807) is 6.20 Å². The third-order valence-electron chi connectivity index (χ3n) is 5.21. The predicted molar refractivity (Wildman–Crippen MR) is 95.0 cm³/mol. The van der Waals surface area contributed by atoms with Crippen molar-refractivity contribution < 1.29 is 14.6 Å². The molecule has 1 fully saturated rings. The third kappa shape index (κ3) is 3.06. The number of hydrogen-bond donors (Lipinski definition) is 1. The lowest BCUT2D eigenvalue weighted by molar-refractivity contribution is -0.0605. The van der Waals surface area contributed by atoms with E-state index < -0.39 is 0 Å². The molecule has 3 heterocycles. The van der Waals surface area contributed by atoms with Crippen LogP contribution in [0.5, 0.6) is 0 Å². The molecule has 8 nitrogen and oxygen atoms in total. The third-order valence-corrected chi connectivity index (χ3v) is 5.21. The van der Waals surface area contributed by atoms with Crippen molar-refractivity contribution in [2.45, 2.75) is 25.2 Å². The van der Waals surface area contributed by atoms with Crippen LogP contribution in [0.25, 0.3) is 0 Å². The largest absolute Gasteiger partial charge is 0.395 e. The van der Waals surface area contributed by atoms with Gasteiger partial charge in [-0.1, -0.05) is 5.21 Å². The van der Waals surface area contributed by atoms with Crippen molar-refractivity contribution in [3.05, 3.63) is 41.7 Å². The number of piperidine rings is 1. The number of amides is 1. The van der Waals surface area contributed by atoms with Crippen molar-refractivity contribution in [1.82, 2.24) is 19.9 Å². The van der Waals surface area contributed by atoms with Crippen LogP contribution in [0.1, 0.15) is 28.5 Å². The standard InChI is InChI=1S/C18H23N5O3/c1-21(8-9-24)14-4-2-13(3-5-14)18(25)22-7-6-17-16(11-22)23-15(12-26-17)10-19-20-23/h2-5,10,16-17,24H,6-9,11-12H2,1H3/t16-,17+/m0/s1. The lowest BCUT2D eigenvalue weighted by Gasteiger charge is -2.41. The number of benzene rings is 1. The number of aromatic nitrogens is 3. The highest BCUT2D eigenvalue weighted by atomic mass is 16.5. The second-order valence-corrected chi connectivity index (χ2v) is 6.82. The molecule has 0 spiro atoms. The summed E-state index contributed by atoms with van der Waals surface area (Å²) >= 11 is 0. The predicted octanol–water partition coefficient (Wildman–Crippen LogP) is 0.693. The lowest BCUT2D eigenvalue weighted by atomic mass is 9.99. The van der Waals surface area contributed by atoms with Crippen molar-refractivity contribution in [3.8, 4) is 0 Å². The van der Waals surface area contributed by atoms with Crippen LogP contribution in [0.4, 0.5) is 5.69 Å². The summed E-state index contributed by atoms with van der Waals surface area (Å²) in [4.78, 5) is 16.7. The van der Waals surface area contributed by atoms with Crippen molar-refractivity contribution in [2.75, 3.05) is 38.2 Å². The van der Waals surface area contributed by atoms with Gasteiger partial charge < -0.3 is 19.6 Å². The first-order valence-electron chi connectivity index (χ1n) is 8.89. The van der Waals surface area contributed by atoms with Crippen molar-refractivity contribution in [3.63, 3.8) is 0 Å². The second-order valence-electron chi connectivity index (χ2n) is 6.82. The molecule has 2 aliphatic heterocycles. The van der Waals surface area contributed by atoms with Gasteiger partial charge in [-0.25, -0.2) is 4.68 Å².